The molecule has 0 saturated heterocycles. The van der Waals surface area contributed by atoms with E-state index in [9.17, 15) is 14.3 Å². The molecule has 0 fully saturated rings. The number of aromatic nitrogens is 2. The first kappa shape index (κ1) is 7.72. The Morgan fingerprint density at radius 3 is 2.92 bits per heavy atom. The van der Waals surface area contributed by atoms with E-state index in [0.29, 0.717) is 0 Å². The summed E-state index contributed by atoms with van der Waals surface area (Å²) in [5, 5.41) is 9.02. The number of aromatic hydroxyl groups is 1. The molecular formula is C8H5FN2O2. The predicted molar refractivity (Wildman–Crippen MR) is 44.0 cm³/mol. The Hall–Kier alpha value is -1.91. The van der Waals surface area contributed by atoms with Crippen molar-refractivity contribution in [3.63, 3.8) is 0 Å². The van der Waals surface area contributed by atoms with Crippen LogP contribution in [0.3, 0.4) is 0 Å². The third-order valence-electron chi connectivity index (χ3n) is 1.72. The van der Waals surface area contributed by atoms with Gasteiger partial charge in [-0.25, -0.2) is 9.37 Å². The van der Waals surface area contributed by atoms with E-state index in [1.807, 2.05) is 0 Å². The predicted octanol–water partition coefficient (Wildman–Crippen LogP) is 0.768. The number of H-pyrrole nitrogens is 1. The van der Waals surface area contributed by atoms with Crippen LogP contribution < -0.4 is 5.56 Å². The van der Waals surface area contributed by atoms with Gasteiger partial charge in [0.2, 0.25) is 0 Å². The van der Waals surface area contributed by atoms with Gasteiger partial charge < -0.3 is 10.1 Å². The average Bonchev–Trinajstić information content (AvgIpc) is 2.12. The van der Waals surface area contributed by atoms with Gasteiger partial charge in [0.15, 0.2) is 0 Å². The van der Waals surface area contributed by atoms with Gasteiger partial charge in [0.25, 0.3) is 5.56 Å². The molecule has 1 heterocycles. The van der Waals surface area contributed by atoms with Crippen LogP contribution in [0.4, 0.5) is 4.39 Å². The summed E-state index contributed by atoms with van der Waals surface area (Å²) in [6.07, 6.45) is 1.11. The van der Waals surface area contributed by atoms with Gasteiger partial charge in [-0.15, -0.1) is 0 Å². The summed E-state index contributed by atoms with van der Waals surface area (Å²) in [6, 6.07) is 2.18. The third kappa shape index (κ3) is 1.05. The Bertz CT molecular complexity index is 521. The van der Waals surface area contributed by atoms with E-state index in [2.05, 4.69) is 9.97 Å². The zero-order valence-electron chi connectivity index (χ0n) is 6.41. The number of aromatic amines is 1. The smallest absolute Gasteiger partial charge is 0.261 e. The molecule has 4 nitrogen and oxygen atoms in total. The number of hydrogen-bond acceptors (Lipinski definition) is 3. The van der Waals surface area contributed by atoms with Crippen molar-refractivity contribution in [2.75, 3.05) is 0 Å². The van der Waals surface area contributed by atoms with Crippen molar-refractivity contribution in [1.29, 1.82) is 0 Å². The van der Waals surface area contributed by atoms with E-state index in [1.54, 1.807) is 0 Å². The van der Waals surface area contributed by atoms with E-state index in [0.717, 1.165) is 18.5 Å². The van der Waals surface area contributed by atoms with E-state index < -0.39 is 11.4 Å². The molecule has 0 aliphatic carbocycles. The van der Waals surface area contributed by atoms with Gasteiger partial charge in [-0.3, -0.25) is 4.79 Å². The highest BCUT2D eigenvalue weighted by molar-refractivity contribution is 5.83. The Labute approximate surface area is 71.7 Å². The molecule has 0 aliphatic heterocycles. The SMILES string of the molecule is O=c1[nH]cnc2c(O)ccc(F)c12. The fourth-order valence-corrected chi connectivity index (χ4v) is 1.13. The van der Waals surface area contributed by atoms with E-state index in [-0.39, 0.29) is 16.7 Å². The second kappa shape index (κ2) is 2.55. The number of benzene rings is 1. The molecule has 2 rings (SSSR count). The quantitative estimate of drug-likeness (QED) is 0.629. The molecule has 1 aromatic carbocycles. The Kier molecular flexibility index (Phi) is 1.51. The molecule has 13 heavy (non-hydrogen) atoms. The largest absolute Gasteiger partial charge is 0.506 e. The zero-order chi connectivity index (χ0) is 9.42. The molecule has 5 heteroatoms. The van der Waals surface area contributed by atoms with Crippen molar-refractivity contribution in [2.45, 2.75) is 0 Å². The van der Waals surface area contributed by atoms with Crippen LogP contribution in [0.25, 0.3) is 10.9 Å². The number of phenols is 1. The lowest BCUT2D eigenvalue weighted by molar-refractivity contribution is 0.478. The highest BCUT2D eigenvalue weighted by Crippen LogP contribution is 2.20. The van der Waals surface area contributed by atoms with Crippen molar-refractivity contribution in [2.24, 2.45) is 0 Å². The molecule has 66 valence electrons. The number of phenolic OH excluding ortho intramolecular Hbond substituents is 1. The standard InChI is InChI=1S/C8H5FN2O2/c9-4-1-2-5(12)7-6(4)8(13)11-3-10-7/h1-3,12H,(H,10,11,13). The van der Waals surface area contributed by atoms with E-state index in [1.165, 1.54) is 0 Å². The maximum absolute atomic E-state index is 13.1. The second-order valence-corrected chi connectivity index (χ2v) is 2.52. The number of halogens is 1. The molecule has 0 atom stereocenters. The lowest BCUT2D eigenvalue weighted by Crippen LogP contribution is -2.07. The molecule has 0 aliphatic rings. The van der Waals surface area contributed by atoms with Crippen LogP contribution in [0.1, 0.15) is 0 Å². The van der Waals surface area contributed by atoms with Gasteiger partial charge in [-0.2, -0.15) is 0 Å². The molecule has 1 aromatic heterocycles. The number of rotatable bonds is 0. The summed E-state index contributed by atoms with van der Waals surface area (Å²) in [6.45, 7) is 0. The van der Waals surface area contributed by atoms with Crippen LogP contribution in [0.5, 0.6) is 5.75 Å². The summed E-state index contributed by atoms with van der Waals surface area (Å²) in [4.78, 5) is 17.0. The van der Waals surface area contributed by atoms with Crippen LogP contribution in [-0.2, 0) is 0 Å². The minimum atomic E-state index is -0.692. The van der Waals surface area contributed by atoms with Gasteiger partial charge >= 0.3 is 0 Å². The minimum Gasteiger partial charge on any atom is -0.506 e. The van der Waals surface area contributed by atoms with Crippen molar-refractivity contribution < 1.29 is 9.50 Å². The molecule has 0 unspecified atom stereocenters. The topological polar surface area (TPSA) is 66.0 Å². The first-order chi connectivity index (χ1) is 6.20. The average molecular weight is 180 g/mol. The second-order valence-electron chi connectivity index (χ2n) is 2.52. The summed E-state index contributed by atoms with van der Waals surface area (Å²) in [7, 11) is 0. The first-order valence-corrected chi connectivity index (χ1v) is 3.55. The maximum Gasteiger partial charge on any atom is 0.261 e. The Balaban J connectivity index is 3.09. The highest BCUT2D eigenvalue weighted by Gasteiger charge is 2.08. The van der Waals surface area contributed by atoms with Crippen molar-refractivity contribution in [3.8, 4) is 5.75 Å². The number of hydrogen-bond donors (Lipinski definition) is 2. The number of nitrogens with one attached hydrogen (secondary N) is 1. The molecular weight excluding hydrogens is 175 g/mol. The summed E-state index contributed by atoms with van der Waals surface area (Å²) < 4.78 is 13.1. The fraction of sp³-hybridized carbons (Fsp3) is 0. The third-order valence-corrected chi connectivity index (χ3v) is 1.72. The van der Waals surface area contributed by atoms with Crippen molar-refractivity contribution in [1.82, 2.24) is 9.97 Å². The lowest BCUT2D eigenvalue weighted by Gasteiger charge is -1.98. The lowest BCUT2D eigenvalue weighted by atomic mass is 10.2. The van der Waals surface area contributed by atoms with Crippen LogP contribution in [0.2, 0.25) is 0 Å². The van der Waals surface area contributed by atoms with Crippen LogP contribution in [0, 0.1) is 5.82 Å². The monoisotopic (exact) mass is 180 g/mol. The highest BCUT2D eigenvalue weighted by atomic mass is 19.1. The molecule has 0 spiro atoms. The van der Waals surface area contributed by atoms with Gasteiger partial charge in [-0.1, -0.05) is 0 Å². The van der Waals surface area contributed by atoms with Crippen molar-refractivity contribution >= 4 is 10.9 Å². The molecule has 2 N–H and O–H groups in total. The van der Waals surface area contributed by atoms with Crippen LogP contribution >= 0.6 is 0 Å². The van der Waals surface area contributed by atoms with Gasteiger partial charge in [-0.05, 0) is 12.1 Å². The Morgan fingerprint density at radius 2 is 2.23 bits per heavy atom. The minimum absolute atomic E-state index is 0.0243. The summed E-state index contributed by atoms with van der Waals surface area (Å²) in [5.41, 5.74) is -0.623. The Morgan fingerprint density at radius 1 is 1.46 bits per heavy atom. The normalized spacial score (nSPS) is 10.5. The fourth-order valence-electron chi connectivity index (χ4n) is 1.13. The summed E-state index contributed by atoms with van der Waals surface area (Å²) in [5.74, 6) is -0.898. The number of nitrogens with zero attached hydrogens (tertiary/aromatic N) is 1. The van der Waals surface area contributed by atoms with Crippen molar-refractivity contribution in [3.05, 3.63) is 34.6 Å². The summed E-state index contributed by atoms with van der Waals surface area (Å²) >= 11 is 0. The van der Waals surface area contributed by atoms with Gasteiger partial charge in [0, 0.05) is 0 Å². The molecule has 0 bridgehead atoms. The number of fused-ring (bicyclic) bond motifs is 1. The van der Waals surface area contributed by atoms with E-state index in [4.69, 9.17) is 0 Å². The first-order valence-electron chi connectivity index (χ1n) is 3.55. The van der Waals surface area contributed by atoms with Gasteiger partial charge in [0.1, 0.15) is 22.5 Å². The van der Waals surface area contributed by atoms with Crippen LogP contribution in [-0.4, -0.2) is 15.1 Å². The van der Waals surface area contributed by atoms with Gasteiger partial charge in [0.05, 0.1) is 6.33 Å². The molecule has 0 saturated carbocycles. The van der Waals surface area contributed by atoms with Crippen LogP contribution in [0.15, 0.2) is 23.3 Å². The molecule has 0 amide bonds. The van der Waals surface area contributed by atoms with E-state index >= 15 is 0 Å². The molecule has 0 radical (unpaired) electrons. The molecule has 2 aromatic rings. The maximum atomic E-state index is 13.1. The zero-order valence-corrected chi connectivity index (χ0v) is 6.41.